The molecule has 0 spiro atoms. The molecule has 1 rings (SSSR count). The first-order chi connectivity index (χ1) is 6.22. The molecule has 0 aromatic carbocycles. The lowest BCUT2D eigenvalue weighted by molar-refractivity contribution is -0.137. The molecule has 1 aliphatic rings. The molecule has 0 fully saturated rings. The van der Waals surface area contributed by atoms with E-state index in [9.17, 15) is 4.79 Å². The summed E-state index contributed by atoms with van der Waals surface area (Å²) in [6, 6.07) is 0.0642. The second kappa shape index (κ2) is 4.69. The third kappa shape index (κ3) is 3.31. The van der Waals surface area contributed by atoms with Gasteiger partial charge in [-0.25, -0.2) is 4.99 Å². The molecule has 0 aromatic rings. The third-order valence-corrected chi connectivity index (χ3v) is 1.79. The number of carboxylic acid groups (broad SMARTS) is 1. The van der Waals surface area contributed by atoms with Gasteiger partial charge in [-0.3, -0.25) is 4.79 Å². The number of aliphatic imine (C=N–C) groups is 1. The first kappa shape index (κ1) is 9.83. The summed E-state index contributed by atoms with van der Waals surface area (Å²) in [4.78, 5) is 14.3. The molecule has 0 aromatic heterocycles. The topological polar surface area (TPSA) is 68.1 Å². The first-order valence-electron chi connectivity index (χ1n) is 4.18. The summed E-state index contributed by atoms with van der Waals surface area (Å²) in [6.45, 7) is 0.503. The number of nitrogens with zero attached hydrogens (tertiary/aromatic N) is 1. The van der Waals surface area contributed by atoms with Crippen LogP contribution in [0.15, 0.2) is 4.99 Å². The minimum Gasteiger partial charge on any atom is -0.481 e. The molecule has 1 N–H and O–H groups in total. The Hall–Kier alpha value is -1.26. The molecule has 0 saturated carbocycles. The molecule has 0 radical (unpaired) electrons. The van der Waals surface area contributed by atoms with E-state index in [4.69, 9.17) is 14.6 Å². The zero-order valence-electron chi connectivity index (χ0n) is 7.52. The number of aliphatic carboxylic acids is 1. The highest BCUT2D eigenvalue weighted by atomic mass is 16.7. The molecule has 0 aliphatic carbocycles. The molecule has 1 atom stereocenters. The molecule has 0 bridgehead atoms. The second-order valence-electron chi connectivity index (χ2n) is 2.85. The highest BCUT2D eigenvalue weighted by Gasteiger charge is 2.18. The van der Waals surface area contributed by atoms with Crippen molar-refractivity contribution in [3.05, 3.63) is 0 Å². The van der Waals surface area contributed by atoms with Crippen molar-refractivity contribution in [2.24, 2.45) is 4.99 Å². The van der Waals surface area contributed by atoms with E-state index in [1.807, 2.05) is 0 Å². The van der Waals surface area contributed by atoms with Crippen LogP contribution in [-0.2, 0) is 14.3 Å². The first-order valence-corrected chi connectivity index (χ1v) is 4.18. The lowest BCUT2D eigenvalue weighted by atomic mass is 10.1. The van der Waals surface area contributed by atoms with Crippen LogP contribution in [-0.4, -0.2) is 36.9 Å². The van der Waals surface area contributed by atoms with E-state index in [0.717, 1.165) is 6.42 Å². The summed E-state index contributed by atoms with van der Waals surface area (Å²) < 4.78 is 9.83. The van der Waals surface area contributed by atoms with E-state index in [1.165, 1.54) is 7.11 Å². The molecule has 0 saturated heterocycles. The van der Waals surface area contributed by atoms with Gasteiger partial charge in [0, 0.05) is 6.42 Å². The Balaban J connectivity index is 2.17. The quantitative estimate of drug-likeness (QED) is 0.701. The SMILES string of the molecule is COC1=NC(CCCC(=O)O)CO1. The monoisotopic (exact) mass is 187 g/mol. The minimum atomic E-state index is -0.769. The van der Waals surface area contributed by atoms with Gasteiger partial charge in [0.05, 0.1) is 13.2 Å². The van der Waals surface area contributed by atoms with Gasteiger partial charge in [0.1, 0.15) is 6.61 Å². The number of hydrogen-bond donors (Lipinski definition) is 1. The number of hydrogen-bond acceptors (Lipinski definition) is 4. The molecule has 1 heterocycles. The van der Waals surface area contributed by atoms with Gasteiger partial charge in [-0.15, -0.1) is 0 Å². The maximum absolute atomic E-state index is 10.2. The Kier molecular flexibility index (Phi) is 3.54. The predicted octanol–water partition coefficient (Wildman–Crippen LogP) is 0.643. The summed E-state index contributed by atoms with van der Waals surface area (Å²) in [5, 5.41) is 8.39. The van der Waals surface area contributed by atoms with E-state index in [-0.39, 0.29) is 12.5 Å². The van der Waals surface area contributed by atoms with Crippen LogP contribution in [0.4, 0.5) is 0 Å². The summed E-state index contributed by atoms with van der Waals surface area (Å²) in [6.07, 6.45) is 1.86. The van der Waals surface area contributed by atoms with Crippen molar-refractivity contribution in [1.29, 1.82) is 0 Å². The van der Waals surface area contributed by atoms with Crippen molar-refractivity contribution < 1.29 is 19.4 Å². The minimum absolute atomic E-state index is 0.0642. The highest BCUT2D eigenvalue weighted by Crippen LogP contribution is 2.11. The van der Waals surface area contributed by atoms with Gasteiger partial charge in [0.2, 0.25) is 0 Å². The third-order valence-electron chi connectivity index (χ3n) is 1.79. The fourth-order valence-corrected chi connectivity index (χ4v) is 1.14. The second-order valence-corrected chi connectivity index (χ2v) is 2.85. The maximum Gasteiger partial charge on any atom is 0.383 e. The Morgan fingerprint density at radius 3 is 3.15 bits per heavy atom. The van der Waals surface area contributed by atoms with Gasteiger partial charge >= 0.3 is 12.1 Å². The summed E-state index contributed by atoms with van der Waals surface area (Å²) >= 11 is 0. The zero-order valence-corrected chi connectivity index (χ0v) is 7.52. The van der Waals surface area contributed by atoms with Crippen LogP contribution in [0.2, 0.25) is 0 Å². The van der Waals surface area contributed by atoms with E-state index in [0.29, 0.717) is 19.1 Å². The smallest absolute Gasteiger partial charge is 0.383 e. The molecule has 1 aliphatic heterocycles. The number of methoxy groups -OCH3 is 1. The number of carboxylic acids is 1. The standard InChI is InChI=1S/C8H13NO4/c1-12-8-9-6(5-13-8)3-2-4-7(10)11/h6H,2-5H2,1H3,(H,10,11). The molecule has 1 unspecified atom stereocenters. The van der Waals surface area contributed by atoms with E-state index in [2.05, 4.69) is 4.99 Å². The van der Waals surface area contributed by atoms with Crippen molar-refractivity contribution >= 4 is 12.1 Å². The highest BCUT2D eigenvalue weighted by molar-refractivity contribution is 5.68. The fraction of sp³-hybridized carbons (Fsp3) is 0.750. The van der Waals surface area contributed by atoms with Gasteiger partial charge in [0.15, 0.2) is 0 Å². The van der Waals surface area contributed by atoms with Crippen LogP contribution in [0.1, 0.15) is 19.3 Å². The number of ether oxygens (including phenoxy) is 2. The average molecular weight is 187 g/mol. The largest absolute Gasteiger partial charge is 0.481 e. The fourth-order valence-electron chi connectivity index (χ4n) is 1.14. The van der Waals surface area contributed by atoms with Crippen molar-refractivity contribution in [2.45, 2.75) is 25.3 Å². The zero-order chi connectivity index (χ0) is 9.68. The summed E-state index contributed by atoms with van der Waals surface area (Å²) in [5.74, 6) is -0.769. The molecule has 5 nitrogen and oxygen atoms in total. The lowest BCUT2D eigenvalue weighted by Gasteiger charge is -2.01. The van der Waals surface area contributed by atoms with Crippen LogP contribution in [0.3, 0.4) is 0 Å². The molecular weight excluding hydrogens is 174 g/mol. The molecule has 0 amide bonds. The van der Waals surface area contributed by atoms with Crippen LogP contribution in [0, 0.1) is 0 Å². The Morgan fingerprint density at radius 2 is 2.62 bits per heavy atom. The van der Waals surface area contributed by atoms with Crippen molar-refractivity contribution in [3.63, 3.8) is 0 Å². The van der Waals surface area contributed by atoms with Gasteiger partial charge in [-0.2, -0.15) is 0 Å². The van der Waals surface area contributed by atoms with Crippen molar-refractivity contribution in [2.75, 3.05) is 13.7 Å². The Labute approximate surface area is 76.4 Å². The Bertz CT molecular complexity index is 214. The van der Waals surface area contributed by atoms with E-state index in [1.54, 1.807) is 0 Å². The van der Waals surface area contributed by atoms with Gasteiger partial charge in [0.25, 0.3) is 0 Å². The molecule has 5 heteroatoms. The van der Waals surface area contributed by atoms with Crippen LogP contribution in [0.5, 0.6) is 0 Å². The van der Waals surface area contributed by atoms with Crippen molar-refractivity contribution in [1.82, 2.24) is 0 Å². The lowest BCUT2D eigenvalue weighted by Crippen LogP contribution is -2.07. The Morgan fingerprint density at radius 1 is 1.85 bits per heavy atom. The van der Waals surface area contributed by atoms with E-state index < -0.39 is 5.97 Å². The normalized spacial score (nSPS) is 20.7. The van der Waals surface area contributed by atoms with E-state index >= 15 is 0 Å². The average Bonchev–Trinajstić information content (AvgIpc) is 2.52. The molecule has 13 heavy (non-hydrogen) atoms. The molecule has 74 valence electrons. The van der Waals surface area contributed by atoms with Crippen LogP contribution >= 0.6 is 0 Å². The summed E-state index contributed by atoms with van der Waals surface area (Å²) in [7, 11) is 1.50. The van der Waals surface area contributed by atoms with Gasteiger partial charge in [-0.05, 0) is 12.8 Å². The van der Waals surface area contributed by atoms with Crippen molar-refractivity contribution in [3.8, 4) is 0 Å². The molecular formula is C8H13NO4. The van der Waals surface area contributed by atoms with Gasteiger partial charge < -0.3 is 14.6 Å². The predicted molar refractivity (Wildman–Crippen MR) is 45.7 cm³/mol. The van der Waals surface area contributed by atoms with Crippen LogP contribution < -0.4 is 0 Å². The van der Waals surface area contributed by atoms with Gasteiger partial charge in [-0.1, -0.05) is 0 Å². The maximum atomic E-state index is 10.2. The number of carbonyl (C=O) groups is 1. The van der Waals surface area contributed by atoms with Crippen LogP contribution in [0.25, 0.3) is 0 Å². The number of rotatable bonds is 4. The summed E-state index contributed by atoms with van der Waals surface area (Å²) in [5.41, 5.74) is 0.